The molecule has 154 valence electrons. The van der Waals surface area contributed by atoms with Gasteiger partial charge in [0.2, 0.25) is 0 Å². The minimum absolute atomic E-state index is 1.08. The molecule has 0 fully saturated rings. The summed E-state index contributed by atoms with van der Waals surface area (Å²) in [6, 6.07) is 45.0. The molecule has 0 saturated heterocycles. The molecule has 5 aromatic carbocycles. The Kier molecular flexibility index (Phi) is 5.55. The zero-order valence-electron chi connectivity index (χ0n) is 18.1. The van der Waals surface area contributed by atoms with Crippen molar-refractivity contribution in [2.24, 2.45) is 0 Å². The Hall–Kier alpha value is -4.10. The van der Waals surface area contributed by atoms with Crippen molar-refractivity contribution in [1.29, 1.82) is 0 Å². The second-order valence-electron chi connectivity index (χ2n) is 8.03. The van der Waals surface area contributed by atoms with E-state index < -0.39 is 0 Å². The summed E-state index contributed by atoms with van der Waals surface area (Å²) in [5.41, 5.74) is 10.8. The smallest absolute Gasteiger partial charge is 0.0386 e. The van der Waals surface area contributed by atoms with Gasteiger partial charge < -0.3 is 5.32 Å². The zero-order valence-corrected chi connectivity index (χ0v) is 18.1. The lowest BCUT2D eigenvalue weighted by molar-refractivity contribution is 1.45. The number of rotatable bonds is 5. The van der Waals surface area contributed by atoms with Crippen molar-refractivity contribution in [3.63, 3.8) is 0 Å². The molecule has 32 heavy (non-hydrogen) atoms. The van der Waals surface area contributed by atoms with Gasteiger partial charge in [-0.3, -0.25) is 0 Å². The van der Waals surface area contributed by atoms with Crippen LogP contribution in [0.3, 0.4) is 0 Å². The predicted molar refractivity (Wildman–Crippen MR) is 137 cm³/mol. The molecule has 0 radical (unpaired) electrons. The minimum Gasteiger partial charge on any atom is -0.356 e. The average molecular weight is 412 g/mol. The van der Waals surface area contributed by atoms with Crippen molar-refractivity contribution >= 4 is 11.4 Å². The second kappa shape index (κ2) is 8.95. The van der Waals surface area contributed by atoms with Gasteiger partial charge in [0.25, 0.3) is 0 Å². The highest BCUT2D eigenvalue weighted by Crippen LogP contribution is 2.40. The molecule has 5 rings (SSSR count). The summed E-state index contributed by atoms with van der Waals surface area (Å²) < 4.78 is 0. The van der Waals surface area contributed by atoms with Crippen LogP contribution in [0.4, 0.5) is 11.4 Å². The van der Waals surface area contributed by atoms with Crippen LogP contribution in [-0.2, 0) is 0 Å². The molecule has 5 aromatic rings. The predicted octanol–water partition coefficient (Wildman–Crippen LogP) is 8.74. The SMILES string of the molecule is Cc1cccc(Nc2ccc(-c3cccc(-c4ccccc4)c3-c3ccccc3)cc2)c1. The molecule has 0 unspecified atom stereocenters. The van der Waals surface area contributed by atoms with Crippen LogP contribution < -0.4 is 5.32 Å². The molecule has 0 aliphatic heterocycles. The maximum absolute atomic E-state index is 3.51. The largest absolute Gasteiger partial charge is 0.356 e. The first kappa shape index (κ1) is 19.8. The Morgan fingerprint density at radius 2 is 1.00 bits per heavy atom. The van der Waals surface area contributed by atoms with Crippen molar-refractivity contribution in [2.75, 3.05) is 5.32 Å². The average Bonchev–Trinajstić information content (AvgIpc) is 2.85. The third-order valence-electron chi connectivity index (χ3n) is 5.71. The van der Waals surface area contributed by atoms with Gasteiger partial charge in [-0.25, -0.2) is 0 Å². The first-order chi connectivity index (χ1) is 15.8. The van der Waals surface area contributed by atoms with E-state index in [1.807, 2.05) is 0 Å². The zero-order chi connectivity index (χ0) is 21.8. The van der Waals surface area contributed by atoms with Crippen LogP contribution in [0.25, 0.3) is 33.4 Å². The van der Waals surface area contributed by atoms with E-state index in [-0.39, 0.29) is 0 Å². The van der Waals surface area contributed by atoms with Gasteiger partial charge in [-0.2, -0.15) is 0 Å². The van der Waals surface area contributed by atoms with Gasteiger partial charge in [0.1, 0.15) is 0 Å². The van der Waals surface area contributed by atoms with Crippen molar-refractivity contribution in [1.82, 2.24) is 0 Å². The summed E-state index contributed by atoms with van der Waals surface area (Å²) in [6.45, 7) is 2.11. The fourth-order valence-corrected chi connectivity index (χ4v) is 4.19. The monoisotopic (exact) mass is 411 g/mol. The first-order valence-electron chi connectivity index (χ1n) is 11.0. The molecule has 0 saturated carbocycles. The van der Waals surface area contributed by atoms with Crippen molar-refractivity contribution < 1.29 is 0 Å². The molecule has 0 atom stereocenters. The molecule has 1 N–H and O–H groups in total. The topological polar surface area (TPSA) is 12.0 Å². The lowest BCUT2D eigenvalue weighted by atomic mass is 9.87. The summed E-state index contributed by atoms with van der Waals surface area (Å²) in [5, 5.41) is 3.51. The Bertz CT molecular complexity index is 1320. The van der Waals surface area contributed by atoms with Gasteiger partial charge in [0, 0.05) is 11.4 Å². The fraction of sp³-hybridized carbons (Fsp3) is 0.0323. The van der Waals surface area contributed by atoms with Crippen molar-refractivity contribution in [3.8, 4) is 33.4 Å². The van der Waals surface area contributed by atoms with Gasteiger partial charge in [0.05, 0.1) is 0 Å². The van der Waals surface area contributed by atoms with E-state index in [2.05, 4.69) is 140 Å². The number of hydrogen-bond donors (Lipinski definition) is 1. The van der Waals surface area contributed by atoms with Gasteiger partial charge in [0.15, 0.2) is 0 Å². The van der Waals surface area contributed by atoms with Crippen LogP contribution in [0.2, 0.25) is 0 Å². The van der Waals surface area contributed by atoms with Crippen LogP contribution in [0.5, 0.6) is 0 Å². The van der Waals surface area contributed by atoms with Gasteiger partial charge in [-0.15, -0.1) is 0 Å². The van der Waals surface area contributed by atoms with E-state index in [9.17, 15) is 0 Å². The lowest BCUT2D eigenvalue weighted by Gasteiger charge is -2.17. The van der Waals surface area contributed by atoms with Crippen LogP contribution in [0.15, 0.2) is 127 Å². The van der Waals surface area contributed by atoms with Crippen LogP contribution >= 0.6 is 0 Å². The van der Waals surface area contributed by atoms with E-state index in [4.69, 9.17) is 0 Å². The third kappa shape index (κ3) is 4.19. The highest BCUT2D eigenvalue weighted by atomic mass is 14.9. The number of benzene rings is 5. The number of nitrogens with one attached hydrogen (secondary N) is 1. The first-order valence-corrected chi connectivity index (χ1v) is 11.0. The Morgan fingerprint density at radius 3 is 1.62 bits per heavy atom. The highest BCUT2D eigenvalue weighted by molar-refractivity contribution is 5.94. The molecule has 0 aromatic heterocycles. The van der Waals surface area contributed by atoms with E-state index in [1.165, 1.54) is 38.9 Å². The normalized spacial score (nSPS) is 10.7. The number of hydrogen-bond acceptors (Lipinski definition) is 1. The summed E-state index contributed by atoms with van der Waals surface area (Å²) in [6.07, 6.45) is 0. The maximum Gasteiger partial charge on any atom is 0.0386 e. The molecule has 0 heterocycles. The number of anilines is 2. The fourth-order valence-electron chi connectivity index (χ4n) is 4.19. The van der Waals surface area contributed by atoms with Crippen LogP contribution in [0.1, 0.15) is 5.56 Å². The maximum atomic E-state index is 3.51. The van der Waals surface area contributed by atoms with Gasteiger partial charge in [-0.05, 0) is 70.1 Å². The molecular weight excluding hydrogens is 386 g/mol. The second-order valence-corrected chi connectivity index (χ2v) is 8.03. The molecule has 0 aliphatic rings. The van der Waals surface area contributed by atoms with E-state index in [1.54, 1.807) is 0 Å². The van der Waals surface area contributed by atoms with E-state index in [0.717, 1.165) is 11.4 Å². The molecule has 0 bridgehead atoms. The van der Waals surface area contributed by atoms with Crippen LogP contribution in [0, 0.1) is 6.92 Å². The minimum atomic E-state index is 1.08. The summed E-state index contributed by atoms with van der Waals surface area (Å²) in [5.74, 6) is 0. The van der Waals surface area contributed by atoms with Gasteiger partial charge >= 0.3 is 0 Å². The Balaban J connectivity index is 1.57. The standard InChI is InChI=1S/C31H25N/c1-23-10-8-15-28(22-23)32-27-20-18-25(19-21-27)30-17-9-16-29(24-11-4-2-5-12-24)31(30)26-13-6-3-7-14-26/h2-22,32H,1H3. The highest BCUT2D eigenvalue weighted by Gasteiger charge is 2.13. The Morgan fingerprint density at radius 1 is 0.438 bits per heavy atom. The number of aryl methyl sites for hydroxylation is 1. The van der Waals surface area contributed by atoms with Gasteiger partial charge in [-0.1, -0.05) is 103 Å². The molecular formula is C31H25N. The molecule has 1 heteroatoms. The van der Waals surface area contributed by atoms with Crippen molar-refractivity contribution in [3.05, 3.63) is 133 Å². The van der Waals surface area contributed by atoms with Crippen molar-refractivity contribution in [2.45, 2.75) is 6.92 Å². The Labute approximate surface area is 190 Å². The summed E-state index contributed by atoms with van der Waals surface area (Å²) >= 11 is 0. The van der Waals surface area contributed by atoms with E-state index >= 15 is 0 Å². The molecule has 0 spiro atoms. The lowest BCUT2D eigenvalue weighted by Crippen LogP contribution is -1.92. The molecule has 1 nitrogen and oxygen atoms in total. The third-order valence-corrected chi connectivity index (χ3v) is 5.71. The molecule has 0 aliphatic carbocycles. The summed E-state index contributed by atoms with van der Waals surface area (Å²) in [4.78, 5) is 0. The summed E-state index contributed by atoms with van der Waals surface area (Å²) in [7, 11) is 0. The van der Waals surface area contributed by atoms with E-state index in [0.29, 0.717) is 0 Å². The quantitative estimate of drug-likeness (QED) is 0.305. The van der Waals surface area contributed by atoms with Crippen LogP contribution in [-0.4, -0.2) is 0 Å². The molecule has 0 amide bonds.